The first-order valence-electron chi connectivity index (χ1n) is 6.40. The molecule has 0 bridgehead atoms. The van der Waals surface area contributed by atoms with E-state index in [1.807, 2.05) is 29.8 Å². The summed E-state index contributed by atoms with van der Waals surface area (Å²) >= 11 is 0. The highest BCUT2D eigenvalue weighted by Gasteiger charge is 2.23. The molecule has 0 aliphatic heterocycles. The number of aryl methyl sites for hydroxylation is 1. The number of aromatic nitrogens is 3. The molecule has 2 aromatic rings. The molecular formula is C15H17N3O. The SMILES string of the molecule is Cc1cc(=O)[nH]c2c1c(C1=CC=C1)nn2C(C)(C)C. The number of fused-ring (bicyclic) bond motifs is 1. The molecule has 1 N–H and O–H groups in total. The maximum absolute atomic E-state index is 11.7. The Morgan fingerprint density at radius 3 is 2.53 bits per heavy atom. The molecule has 0 fully saturated rings. The number of allylic oxidation sites excluding steroid dienone is 4. The number of hydrogen-bond acceptors (Lipinski definition) is 2. The Kier molecular flexibility index (Phi) is 2.33. The lowest BCUT2D eigenvalue weighted by Gasteiger charge is -2.20. The van der Waals surface area contributed by atoms with E-state index < -0.39 is 0 Å². The van der Waals surface area contributed by atoms with Crippen molar-refractivity contribution in [3.63, 3.8) is 0 Å². The van der Waals surface area contributed by atoms with Crippen LogP contribution in [0.15, 0.2) is 29.1 Å². The Hall–Kier alpha value is -2.10. The van der Waals surface area contributed by atoms with Crippen LogP contribution in [0.2, 0.25) is 0 Å². The summed E-state index contributed by atoms with van der Waals surface area (Å²) in [5.74, 6) is 0. The number of nitrogens with one attached hydrogen (secondary N) is 1. The molecule has 2 aromatic heterocycles. The topological polar surface area (TPSA) is 50.7 Å². The number of nitrogens with zero attached hydrogens (tertiary/aromatic N) is 2. The Balaban J connectivity index is 2.43. The number of hydrogen-bond donors (Lipinski definition) is 1. The maximum atomic E-state index is 11.7. The van der Waals surface area contributed by atoms with Crippen molar-refractivity contribution in [3.8, 4) is 0 Å². The second-order valence-electron chi connectivity index (χ2n) is 5.95. The standard InChI is InChI=1S/C15H17N3O/c1-9-8-11(19)16-14-12(9)13(10-6-5-7-10)17-18(14)15(2,3)4/h5-8H,1-4H3,(H,16,19). The fourth-order valence-corrected chi connectivity index (χ4v) is 2.37. The average molecular weight is 255 g/mol. The molecule has 0 amide bonds. The zero-order valence-corrected chi connectivity index (χ0v) is 11.6. The molecule has 0 saturated heterocycles. The molecule has 0 radical (unpaired) electrons. The van der Waals surface area contributed by atoms with E-state index in [0.717, 1.165) is 27.9 Å². The largest absolute Gasteiger partial charge is 0.307 e. The summed E-state index contributed by atoms with van der Waals surface area (Å²) in [7, 11) is 0. The summed E-state index contributed by atoms with van der Waals surface area (Å²) in [6, 6.07) is 1.63. The zero-order chi connectivity index (χ0) is 13.8. The van der Waals surface area contributed by atoms with Gasteiger partial charge in [-0.25, -0.2) is 4.68 Å². The molecule has 0 aromatic carbocycles. The summed E-state index contributed by atoms with van der Waals surface area (Å²) in [6.45, 7) is 8.19. The monoisotopic (exact) mass is 255 g/mol. The van der Waals surface area contributed by atoms with Gasteiger partial charge >= 0.3 is 0 Å². The van der Waals surface area contributed by atoms with Gasteiger partial charge in [0.2, 0.25) is 5.56 Å². The van der Waals surface area contributed by atoms with Crippen molar-refractivity contribution in [3.05, 3.63) is 45.9 Å². The van der Waals surface area contributed by atoms with E-state index in [0.29, 0.717) is 0 Å². The number of rotatable bonds is 1. The van der Waals surface area contributed by atoms with E-state index in [1.165, 1.54) is 0 Å². The molecule has 2 heterocycles. The van der Waals surface area contributed by atoms with Gasteiger partial charge in [-0.15, -0.1) is 0 Å². The predicted molar refractivity (Wildman–Crippen MR) is 77.2 cm³/mol. The summed E-state index contributed by atoms with van der Waals surface area (Å²) in [5, 5.41) is 5.74. The van der Waals surface area contributed by atoms with Crippen LogP contribution in [0.4, 0.5) is 0 Å². The number of aromatic amines is 1. The second-order valence-corrected chi connectivity index (χ2v) is 5.95. The number of H-pyrrole nitrogens is 1. The van der Waals surface area contributed by atoms with Crippen molar-refractivity contribution in [2.45, 2.75) is 33.2 Å². The van der Waals surface area contributed by atoms with E-state index in [1.54, 1.807) is 6.07 Å². The fourth-order valence-electron chi connectivity index (χ4n) is 2.37. The Labute approximate surface area is 111 Å². The molecule has 0 spiro atoms. The van der Waals surface area contributed by atoms with E-state index >= 15 is 0 Å². The summed E-state index contributed by atoms with van der Waals surface area (Å²) in [4.78, 5) is 14.6. The minimum atomic E-state index is -0.179. The van der Waals surface area contributed by atoms with Gasteiger partial charge in [0, 0.05) is 17.0 Å². The summed E-state index contributed by atoms with van der Waals surface area (Å²) in [6.07, 6.45) is 6.08. The molecule has 4 heteroatoms. The fraction of sp³-hybridized carbons (Fsp3) is 0.333. The van der Waals surface area contributed by atoms with Crippen molar-refractivity contribution in [2.75, 3.05) is 0 Å². The van der Waals surface area contributed by atoms with Crippen LogP contribution in [0.25, 0.3) is 16.6 Å². The first-order valence-corrected chi connectivity index (χ1v) is 6.40. The third kappa shape index (κ3) is 1.75. The van der Waals surface area contributed by atoms with E-state index in [2.05, 4.69) is 25.8 Å². The highest BCUT2D eigenvalue weighted by atomic mass is 16.1. The summed E-state index contributed by atoms with van der Waals surface area (Å²) < 4.78 is 1.90. The highest BCUT2D eigenvalue weighted by molar-refractivity contribution is 5.96. The van der Waals surface area contributed by atoms with Gasteiger partial charge in [-0.3, -0.25) is 4.79 Å². The lowest BCUT2D eigenvalue weighted by atomic mass is 10.0. The van der Waals surface area contributed by atoms with Gasteiger partial charge in [-0.2, -0.15) is 5.10 Å². The highest BCUT2D eigenvalue weighted by Crippen LogP contribution is 2.31. The molecule has 1 aliphatic rings. The Morgan fingerprint density at radius 2 is 2.00 bits per heavy atom. The molecule has 4 nitrogen and oxygen atoms in total. The van der Waals surface area contributed by atoms with Gasteiger partial charge in [0.05, 0.1) is 5.54 Å². The van der Waals surface area contributed by atoms with Crippen LogP contribution in [0.3, 0.4) is 0 Å². The van der Waals surface area contributed by atoms with Crippen LogP contribution in [-0.4, -0.2) is 14.8 Å². The van der Waals surface area contributed by atoms with Crippen LogP contribution in [0.5, 0.6) is 0 Å². The molecule has 0 atom stereocenters. The smallest absolute Gasteiger partial charge is 0.249 e. The van der Waals surface area contributed by atoms with Crippen LogP contribution < -0.4 is 5.56 Å². The van der Waals surface area contributed by atoms with Gasteiger partial charge in [0.15, 0.2) is 0 Å². The zero-order valence-electron chi connectivity index (χ0n) is 11.6. The molecule has 0 unspecified atom stereocenters. The van der Waals surface area contributed by atoms with E-state index in [9.17, 15) is 4.79 Å². The third-order valence-electron chi connectivity index (χ3n) is 3.33. The van der Waals surface area contributed by atoms with Crippen LogP contribution in [0.1, 0.15) is 32.0 Å². The summed E-state index contributed by atoms with van der Waals surface area (Å²) in [5.41, 5.74) is 3.56. The Bertz CT molecular complexity index is 782. The minimum absolute atomic E-state index is 0.0833. The van der Waals surface area contributed by atoms with Crippen LogP contribution >= 0.6 is 0 Å². The normalized spacial score (nSPS) is 14.6. The Morgan fingerprint density at radius 1 is 1.32 bits per heavy atom. The van der Waals surface area contributed by atoms with Gasteiger partial charge < -0.3 is 4.98 Å². The maximum Gasteiger partial charge on any atom is 0.249 e. The van der Waals surface area contributed by atoms with Crippen LogP contribution in [0, 0.1) is 6.92 Å². The lowest BCUT2D eigenvalue weighted by Crippen LogP contribution is -2.24. The van der Waals surface area contributed by atoms with Crippen LogP contribution in [-0.2, 0) is 5.54 Å². The number of pyridine rings is 1. The lowest BCUT2D eigenvalue weighted by molar-refractivity contribution is 0.365. The molecule has 0 saturated carbocycles. The molecule has 1 aliphatic carbocycles. The predicted octanol–water partition coefficient (Wildman–Crippen LogP) is 2.74. The first kappa shape index (κ1) is 12.0. The second kappa shape index (κ2) is 3.70. The van der Waals surface area contributed by atoms with Crippen molar-refractivity contribution in [1.82, 2.24) is 14.8 Å². The first-order chi connectivity index (χ1) is 8.88. The van der Waals surface area contributed by atoms with Crippen molar-refractivity contribution in [1.29, 1.82) is 0 Å². The minimum Gasteiger partial charge on any atom is -0.307 e. The van der Waals surface area contributed by atoms with E-state index in [4.69, 9.17) is 5.10 Å². The van der Waals surface area contributed by atoms with E-state index in [-0.39, 0.29) is 11.1 Å². The third-order valence-corrected chi connectivity index (χ3v) is 3.33. The quantitative estimate of drug-likeness (QED) is 0.851. The van der Waals surface area contributed by atoms with Crippen molar-refractivity contribution >= 4 is 16.6 Å². The van der Waals surface area contributed by atoms with Gasteiger partial charge in [0.25, 0.3) is 0 Å². The van der Waals surface area contributed by atoms with Crippen molar-refractivity contribution in [2.24, 2.45) is 0 Å². The van der Waals surface area contributed by atoms with Gasteiger partial charge in [-0.05, 0) is 33.3 Å². The van der Waals surface area contributed by atoms with Crippen molar-refractivity contribution < 1.29 is 0 Å². The molecule has 98 valence electrons. The molecule has 3 rings (SSSR count). The van der Waals surface area contributed by atoms with Gasteiger partial charge in [-0.1, -0.05) is 18.2 Å². The molecular weight excluding hydrogens is 238 g/mol. The van der Waals surface area contributed by atoms with Gasteiger partial charge in [0.1, 0.15) is 11.3 Å². The molecule has 19 heavy (non-hydrogen) atoms. The average Bonchev–Trinajstić information content (AvgIpc) is 2.54.